The number of nitrogen functional groups attached to an aromatic ring is 1. The molecule has 1 aromatic carbocycles. The number of nitrogens with two attached hydrogens (primary N) is 1. The fourth-order valence-electron chi connectivity index (χ4n) is 1.64. The van der Waals surface area contributed by atoms with Gasteiger partial charge in [0.25, 0.3) is 5.91 Å². The Hall–Kier alpha value is -0.970. The van der Waals surface area contributed by atoms with E-state index in [2.05, 4.69) is 5.32 Å². The standard InChI is InChI=1S/C13H18Cl2N2O2/c14-10-7-9(8-11(16)12(10)15)13(19)17-5-3-1-2-4-6-18/h7-8,18H,1-6,16H2,(H,17,19). The maximum atomic E-state index is 11.8. The second kappa shape index (κ2) is 8.25. The van der Waals surface area contributed by atoms with Crippen LogP contribution in [0.1, 0.15) is 36.0 Å². The van der Waals surface area contributed by atoms with Crippen molar-refractivity contribution in [2.45, 2.75) is 25.7 Å². The van der Waals surface area contributed by atoms with Crippen LogP contribution in [0.3, 0.4) is 0 Å². The van der Waals surface area contributed by atoms with E-state index in [9.17, 15) is 4.79 Å². The van der Waals surface area contributed by atoms with Gasteiger partial charge >= 0.3 is 0 Å². The number of amides is 1. The summed E-state index contributed by atoms with van der Waals surface area (Å²) in [6, 6.07) is 3.01. The molecule has 19 heavy (non-hydrogen) atoms. The first-order chi connectivity index (χ1) is 9.06. The molecule has 0 heterocycles. The van der Waals surface area contributed by atoms with Gasteiger partial charge in [0.2, 0.25) is 0 Å². The van der Waals surface area contributed by atoms with Crippen LogP contribution in [0.2, 0.25) is 10.0 Å². The molecule has 0 saturated carbocycles. The largest absolute Gasteiger partial charge is 0.397 e. The van der Waals surface area contributed by atoms with Crippen molar-refractivity contribution in [2.75, 3.05) is 18.9 Å². The van der Waals surface area contributed by atoms with Gasteiger partial charge in [0.15, 0.2) is 0 Å². The molecule has 0 aliphatic rings. The van der Waals surface area contributed by atoms with Gasteiger partial charge in [-0.3, -0.25) is 4.79 Å². The number of aliphatic hydroxyl groups is 1. The average molecular weight is 305 g/mol. The summed E-state index contributed by atoms with van der Waals surface area (Å²) in [4.78, 5) is 11.8. The van der Waals surface area contributed by atoms with Crippen molar-refractivity contribution < 1.29 is 9.90 Å². The third-order valence-corrected chi connectivity index (χ3v) is 3.51. The molecule has 0 spiro atoms. The number of benzene rings is 1. The summed E-state index contributed by atoms with van der Waals surface area (Å²) in [6.45, 7) is 0.805. The molecule has 1 rings (SSSR count). The fourth-order valence-corrected chi connectivity index (χ4v) is 1.97. The highest BCUT2D eigenvalue weighted by atomic mass is 35.5. The molecule has 0 radical (unpaired) electrons. The molecule has 0 bridgehead atoms. The number of rotatable bonds is 7. The molecule has 0 atom stereocenters. The summed E-state index contributed by atoms with van der Waals surface area (Å²) in [5, 5.41) is 12.0. The maximum Gasteiger partial charge on any atom is 0.251 e. The van der Waals surface area contributed by atoms with Crippen molar-refractivity contribution in [1.29, 1.82) is 0 Å². The minimum absolute atomic E-state index is 0.215. The summed E-state index contributed by atoms with van der Waals surface area (Å²) >= 11 is 11.7. The topological polar surface area (TPSA) is 75.4 Å². The van der Waals surface area contributed by atoms with Crippen molar-refractivity contribution >= 4 is 34.8 Å². The van der Waals surface area contributed by atoms with Crippen molar-refractivity contribution in [3.8, 4) is 0 Å². The lowest BCUT2D eigenvalue weighted by molar-refractivity contribution is 0.0953. The highest BCUT2D eigenvalue weighted by Crippen LogP contribution is 2.29. The van der Waals surface area contributed by atoms with Crippen LogP contribution in [0.4, 0.5) is 5.69 Å². The van der Waals surface area contributed by atoms with Gasteiger partial charge in [0.05, 0.1) is 15.7 Å². The minimum Gasteiger partial charge on any atom is -0.397 e. The number of nitrogens with one attached hydrogen (secondary N) is 1. The molecule has 0 aliphatic heterocycles. The van der Waals surface area contributed by atoms with Crippen molar-refractivity contribution in [1.82, 2.24) is 5.32 Å². The number of carbonyl (C=O) groups is 1. The highest BCUT2D eigenvalue weighted by molar-refractivity contribution is 6.43. The first-order valence-corrected chi connectivity index (χ1v) is 6.95. The van der Waals surface area contributed by atoms with Crippen LogP contribution in [0.25, 0.3) is 0 Å². The molecule has 1 amide bonds. The Labute approximate surface area is 122 Å². The van der Waals surface area contributed by atoms with E-state index in [0.29, 0.717) is 17.8 Å². The van der Waals surface area contributed by atoms with Gasteiger partial charge in [0.1, 0.15) is 0 Å². The molecule has 0 aliphatic carbocycles. The number of carbonyl (C=O) groups excluding carboxylic acids is 1. The lowest BCUT2D eigenvalue weighted by Crippen LogP contribution is -2.24. The average Bonchev–Trinajstić information content (AvgIpc) is 2.39. The first kappa shape index (κ1) is 16.1. The van der Waals surface area contributed by atoms with Gasteiger partial charge in [-0.2, -0.15) is 0 Å². The molecule has 0 aromatic heterocycles. The van der Waals surface area contributed by atoms with E-state index >= 15 is 0 Å². The summed E-state index contributed by atoms with van der Waals surface area (Å²) in [6.07, 6.45) is 3.62. The van der Waals surface area contributed by atoms with Crippen LogP contribution in [0, 0.1) is 0 Å². The van der Waals surface area contributed by atoms with E-state index < -0.39 is 0 Å². The van der Waals surface area contributed by atoms with Crippen LogP contribution in [-0.2, 0) is 0 Å². The van der Waals surface area contributed by atoms with E-state index in [0.717, 1.165) is 25.7 Å². The van der Waals surface area contributed by atoms with Crippen LogP contribution in [0.5, 0.6) is 0 Å². The smallest absolute Gasteiger partial charge is 0.251 e. The lowest BCUT2D eigenvalue weighted by atomic mass is 10.1. The summed E-state index contributed by atoms with van der Waals surface area (Å²) in [5.41, 5.74) is 6.35. The van der Waals surface area contributed by atoms with Crippen LogP contribution in [0.15, 0.2) is 12.1 Å². The number of halogens is 2. The molecule has 4 N–H and O–H groups in total. The Morgan fingerprint density at radius 3 is 2.53 bits per heavy atom. The van der Waals surface area contributed by atoms with Crippen LogP contribution < -0.4 is 11.1 Å². The number of hydrogen-bond acceptors (Lipinski definition) is 3. The van der Waals surface area contributed by atoms with Crippen molar-refractivity contribution in [2.24, 2.45) is 0 Å². The van der Waals surface area contributed by atoms with Gasteiger partial charge in [-0.25, -0.2) is 0 Å². The molecular formula is C13H18Cl2N2O2. The Morgan fingerprint density at radius 2 is 1.89 bits per heavy atom. The second-order valence-electron chi connectivity index (χ2n) is 4.25. The molecule has 0 unspecified atom stereocenters. The number of unbranched alkanes of at least 4 members (excludes halogenated alkanes) is 3. The minimum atomic E-state index is -0.215. The molecular weight excluding hydrogens is 287 g/mol. The van der Waals surface area contributed by atoms with E-state index in [-0.39, 0.29) is 22.6 Å². The van der Waals surface area contributed by atoms with Crippen LogP contribution >= 0.6 is 23.2 Å². The number of hydrogen-bond donors (Lipinski definition) is 3. The number of anilines is 1. The third-order valence-electron chi connectivity index (χ3n) is 2.69. The zero-order chi connectivity index (χ0) is 14.3. The zero-order valence-electron chi connectivity index (χ0n) is 10.6. The summed E-state index contributed by atoms with van der Waals surface area (Å²) in [5.74, 6) is -0.215. The van der Waals surface area contributed by atoms with E-state index in [1.165, 1.54) is 12.1 Å². The third kappa shape index (κ3) is 5.27. The van der Waals surface area contributed by atoms with E-state index in [1.54, 1.807) is 0 Å². The fraction of sp³-hybridized carbons (Fsp3) is 0.462. The Kier molecular flexibility index (Phi) is 6.99. The maximum absolute atomic E-state index is 11.8. The van der Waals surface area contributed by atoms with Crippen molar-refractivity contribution in [3.05, 3.63) is 27.7 Å². The first-order valence-electron chi connectivity index (χ1n) is 6.20. The lowest BCUT2D eigenvalue weighted by Gasteiger charge is -2.08. The summed E-state index contributed by atoms with van der Waals surface area (Å²) < 4.78 is 0. The van der Waals surface area contributed by atoms with Gasteiger partial charge < -0.3 is 16.2 Å². The zero-order valence-corrected chi connectivity index (χ0v) is 12.1. The Morgan fingerprint density at radius 1 is 1.21 bits per heavy atom. The molecule has 0 saturated heterocycles. The van der Waals surface area contributed by atoms with Crippen LogP contribution in [-0.4, -0.2) is 24.2 Å². The second-order valence-corrected chi connectivity index (χ2v) is 5.04. The molecule has 1 aromatic rings. The highest BCUT2D eigenvalue weighted by Gasteiger charge is 2.10. The van der Waals surface area contributed by atoms with E-state index in [4.69, 9.17) is 34.0 Å². The molecule has 106 valence electrons. The Bertz CT molecular complexity index is 416. The normalized spacial score (nSPS) is 10.5. The predicted octanol–water partition coefficient (Wildman–Crippen LogP) is 2.86. The predicted molar refractivity (Wildman–Crippen MR) is 78.8 cm³/mol. The quantitative estimate of drug-likeness (QED) is 0.535. The van der Waals surface area contributed by atoms with Crippen molar-refractivity contribution in [3.63, 3.8) is 0 Å². The van der Waals surface area contributed by atoms with Gasteiger partial charge in [-0.15, -0.1) is 0 Å². The van der Waals surface area contributed by atoms with E-state index in [1.807, 2.05) is 0 Å². The van der Waals surface area contributed by atoms with Gasteiger partial charge in [-0.05, 0) is 25.0 Å². The molecule has 6 heteroatoms. The summed E-state index contributed by atoms with van der Waals surface area (Å²) in [7, 11) is 0. The number of aliphatic hydroxyl groups excluding tert-OH is 1. The molecule has 4 nitrogen and oxygen atoms in total. The monoisotopic (exact) mass is 304 g/mol. The van der Waals surface area contributed by atoms with Gasteiger partial charge in [0, 0.05) is 18.7 Å². The molecule has 0 fully saturated rings. The Balaban J connectivity index is 2.42. The van der Waals surface area contributed by atoms with Gasteiger partial charge in [-0.1, -0.05) is 36.0 Å². The SMILES string of the molecule is Nc1cc(C(=O)NCCCCCCO)cc(Cl)c1Cl.